The third-order valence-corrected chi connectivity index (χ3v) is 6.69. The van der Waals surface area contributed by atoms with Crippen LogP contribution in [0.4, 0.5) is 5.69 Å². The Balaban J connectivity index is 1.72. The Morgan fingerprint density at radius 1 is 1.08 bits per heavy atom. The van der Waals surface area contributed by atoms with Crippen molar-refractivity contribution < 1.29 is 18.1 Å². The van der Waals surface area contributed by atoms with Crippen LogP contribution in [0.15, 0.2) is 53.4 Å². The molecule has 6 nitrogen and oxygen atoms in total. The van der Waals surface area contributed by atoms with Crippen LogP contribution in [-0.4, -0.2) is 51.9 Å². The molecule has 0 spiro atoms. The average molecular weight is 395 g/mol. The zero-order valence-electron chi connectivity index (χ0n) is 14.4. The molecule has 1 heterocycles. The largest absolute Gasteiger partial charge is 0.335 e. The van der Waals surface area contributed by atoms with Crippen LogP contribution in [0.5, 0.6) is 0 Å². The van der Waals surface area contributed by atoms with E-state index in [0.717, 1.165) is 13.1 Å². The number of likely N-dealkylation sites (N-methyl/N-ethyl adjacent to an activating group) is 1. The second kappa shape index (κ2) is 7.75. The Bertz CT molecular complexity index is 892. The maximum Gasteiger partial charge on any atom is 0.257 e. The molecule has 3 rings (SSSR count). The molecule has 0 unspecified atom stereocenters. The van der Waals surface area contributed by atoms with E-state index in [-0.39, 0.29) is 10.8 Å². The Labute approximate surface area is 158 Å². The first-order chi connectivity index (χ1) is 12.4. The van der Waals surface area contributed by atoms with Gasteiger partial charge in [0.15, 0.2) is 0 Å². The van der Waals surface area contributed by atoms with Gasteiger partial charge in [0.25, 0.3) is 5.91 Å². The molecule has 1 fully saturated rings. The van der Waals surface area contributed by atoms with E-state index in [1.54, 1.807) is 36.4 Å². The number of carbonyl (C=O) groups excluding carboxylic acids is 1. The molecule has 1 amide bonds. The summed E-state index contributed by atoms with van der Waals surface area (Å²) in [5.41, 5.74) is 0.877. The number of piperazine rings is 1. The first-order valence-electron chi connectivity index (χ1n) is 8.35. The zero-order chi connectivity index (χ0) is 18.7. The van der Waals surface area contributed by atoms with Gasteiger partial charge in [-0.3, -0.25) is 4.79 Å². The van der Waals surface area contributed by atoms with Crippen molar-refractivity contribution in [1.82, 2.24) is 4.31 Å². The number of hydrogen-bond acceptors (Lipinski definition) is 3. The molecule has 0 aromatic heterocycles. The van der Waals surface area contributed by atoms with Crippen molar-refractivity contribution in [3.63, 3.8) is 0 Å². The number of hydrogen-bond donors (Lipinski definition) is 2. The summed E-state index contributed by atoms with van der Waals surface area (Å²) in [5, 5.41) is 3.09. The van der Waals surface area contributed by atoms with Gasteiger partial charge in [0.1, 0.15) is 0 Å². The number of halogens is 1. The molecular weight excluding hydrogens is 374 g/mol. The second-order valence-corrected chi connectivity index (χ2v) is 8.66. The second-order valence-electron chi connectivity index (χ2n) is 6.32. The SMILES string of the molecule is C[NH+]1CCN(S(=O)(=O)c2ccc(NC(=O)c3ccccc3Cl)cc2)CC1. The topological polar surface area (TPSA) is 70.9 Å². The molecule has 0 radical (unpaired) electrons. The first kappa shape index (κ1) is 18.8. The lowest BCUT2D eigenvalue weighted by molar-refractivity contribution is -0.883. The van der Waals surface area contributed by atoms with Crippen LogP contribution < -0.4 is 10.2 Å². The summed E-state index contributed by atoms with van der Waals surface area (Å²) in [6.45, 7) is 2.62. The van der Waals surface area contributed by atoms with E-state index in [2.05, 4.69) is 12.4 Å². The summed E-state index contributed by atoms with van der Waals surface area (Å²) in [7, 11) is -1.45. The van der Waals surface area contributed by atoms with Crippen molar-refractivity contribution in [2.45, 2.75) is 4.90 Å². The summed E-state index contributed by atoms with van der Waals surface area (Å²) in [6.07, 6.45) is 0. The molecule has 1 aliphatic heterocycles. The predicted octanol–water partition coefficient (Wildman–Crippen LogP) is 1.11. The van der Waals surface area contributed by atoms with Crippen molar-refractivity contribution in [3.8, 4) is 0 Å². The summed E-state index contributed by atoms with van der Waals surface area (Å²) in [5.74, 6) is -0.340. The summed E-state index contributed by atoms with van der Waals surface area (Å²) < 4.78 is 26.9. The van der Waals surface area contributed by atoms with E-state index in [4.69, 9.17) is 11.6 Å². The van der Waals surface area contributed by atoms with Crippen LogP contribution in [0.3, 0.4) is 0 Å². The number of carbonyl (C=O) groups is 1. The molecule has 0 atom stereocenters. The Hall–Kier alpha value is -1.93. The first-order valence-corrected chi connectivity index (χ1v) is 10.2. The fourth-order valence-corrected chi connectivity index (χ4v) is 4.47. The molecule has 8 heteroatoms. The zero-order valence-corrected chi connectivity index (χ0v) is 16.0. The van der Waals surface area contributed by atoms with Gasteiger partial charge in [0, 0.05) is 5.69 Å². The van der Waals surface area contributed by atoms with Gasteiger partial charge >= 0.3 is 0 Å². The molecule has 138 valence electrons. The van der Waals surface area contributed by atoms with Crippen molar-refractivity contribution >= 4 is 33.2 Å². The number of anilines is 1. The monoisotopic (exact) mass is 394 g/mol. The van der Waals surface area contributed by atoms with E-state index in [9.17, 15) is 13.2 Å². The molecule has 0 saturated carbocycles. The number of sulfonamides is 1. The number of benzene rings is 2. The fraction of sp³-hybridized carbons (Fsp3) is 0.278. The minimum atomic E-state index is -3.50. The van der Waals surface area contributed by atoms with Crippen molar-refractivity contribution in [2.75, 3.05) is 38.5 Å². The Morgan fingerprint density at radius 2 is 1.69 bits per heavy atom. The summed E-state index contributed by atoms with van der Waals surface area (Å²) in [4.78, 5) is 13.8. The van der Waals surface area contributed by atoms with E-state index < -0.39 is 10.0 Å². The maximum atomic E-state index is 12.7. The number of nitrogens with one attached hydrogen (secondary N) is 2. The van der Waals surface area contributed by atoms with Gasteiger partial charge < -0.3 is 10.2 Å². The van der Waals surface area contributed by atoms with Crippen LogP contribution in [0.1, 0.15) is 10.4 Å². The normalized spacial score (nSPS) is 16.4. The van der Waals surface area contributed by atoms with E-state index in [1.165, 1.54) is 21.3 Å². The Kier molecular flexibility index (Phi) is 5.62. The fourth-order valence-electron chi connectivity index (χ4n) is 2.81. The van der Waals surface area contributed by atoms with Crippen LogP contribution in [0, 0.1) is 0 Å². The van der Waals surface area contributed by atoms with Crippen molar-refractivity contribution in [2.24, 2.45) is 0 Å². The number of rotatable bonds is 4. The quantitative estimate of drug-likeness (QED) is 0.816. The van der Waals surface area contributed by atoms with Gasteiger partial charge in [-0.2, -0.15) is 4.31 Å². The molecular formula is C18H21ClN3O3S+. The van der Waals surface area contributed by atoms with Gasteiger partial charge in [-0.25, -0.2) is 8.42 Å². The van der Waals surface area contributed by atoms with Gasteiger partial charge in [-0.15, -0.1) is 0 Å². The maximum absolute atomic E-state index is 12.7. The third kappa shape index (κ3) is 4.07. The van der Waals surface area contributed by atoms with Crippen LogP contribution in [0.25, 0.3) is 0 Å². The van der Waals surface area contributed by atoms with Crippen LogP contribution >= 0.6 is 11.6 Å². The van der Waals surface area contributed by atoms with Crippen molar-refractivity contribution in [3.05, 3.63) is 59.1 Å². The molecule has 2 aromatic rings. The molecule has 2 N–H and O–H groups in total. The minimum Gasteiger partial charge on any atom is -0.335 e. The average Bonchev–Trinajstić information content (AvgIpc) is 2.63. The molecule has 26 heavy (non-hydrogen) atoms. The lowest BCUT2D eigenvalue weighted by atomic mass is 10.2. The highest BCUT2D eigenvalue weighted by Crippen LogP contribution is 2.20. The molecule has 1 saturated heterocycles. The van der Waals surface area contributed by atoms with Gasteiger partial charge in [-0.1, -0.05) is 23.7 Å². The van der Waals surface area contributed by atoms with E-state index in [0.29, 0.717) is 29.4 Å². The number of amides is 1. The lowest BCUT2D eigenvalue weighted by Gasteiger charge is -2.29. The van der Waals surface area contributed by atoms with Crippen LogP contribution in [0.2, 0.25) is 5.02 Å². The predicted molar refractivity (Wildman–Crippen MR) is 101 cm³/mol. The van der Waals surface area contributed by atoms with Crippen LogP contribution in [-0.2, 0) is 10.0 Å². The smallest absolute Gasteiger partial charge is 0.257 e. The highest BCUT2D eigenvalue weighted by Gasteiger charge is 2.29. The van der Waals surface area contributed by atoms with E-state index in [1.807, 2.05) is 0 Å². The minimum absolute atomic E-state index is 0.229. The number of nitrogens with zero attached hydrogens (tertiary/aromatic N) is 1. The lowest BCUT2D eigenvalue weighted by Crippen LogP contribution is -3.12. The van der Waals surface area contributed by atoms with Gasteiger partial charge in [0.05, 0.1) is 48.7 Å². The molecule has 1 aliphatic rings. The number of quaternary nitrogens is 1. The van der Waals surface area contributed by atoms with Gasteiger partial charge in [0.2, 0.25) is 10.0 Å². The molecule has 0 bridgehead atoms. The molecule has 2 aromatic carbocycles. The summed E-state index contributed by atoms with van der Waals surface area (Å²) >= 11 is 6.02. The third-order valence-electron chi connectivity index (χ3n) is 4.44. The molecule has 0 aliphatic carbocycles. The highest BCUT2D eigenvalue weighted by atomic mass is 35.5. The van der Waals surface area contributed by atoms with E-state index >= 15 is 0 Å². The standard InChI is InChI=1S/C18H20ClN3O3S/c1-21-10-12-22(13-11-21)26(24,25)15-8-6-14(7-9-15)20-18(23)16-4-2-3-5-17(16)19/h2-9H,10-13H2,1H3,(H,20,23)/p+1. The highest BCUT2D eigenvalue weighted by molar-refractivity contribution is 7.89. The van der Waals surface area contributed by atoms with Gasteiger partial charge in [-0.05, 0) is 36.4 Å². The Morgan fingerprint density at radius 3 is 2.31 bits per heavy atom. The van der Waals surface area contributed by atoms with Crippen molar-refractivity contribution in [1.29, 1.82) is 0 Å². The summed E-state index contributed by atoms with van der Waals surface area (Å²) in [6, 6.07) is 13.0.